The molecule has 8 heteroatoms. The Labute approximate surface area is 179 Å². The second-order valence-corrected chi connectivity index (χ2v) is 7.37. The fraction of sp³-hybridized carbons (Fsp3) is 0.200. The van der Waals surface area contributed by atoms with Gasteiger partial charge in [0.15, 0.2) is 5.11 Å². The Morgan fingerprint density at radius 2 is 2.00 bits per heavy atom. The van der Waals surface area contributed by atoms with Crippen molar-refractivity contribution in [1.29, 1.82) is 0 Å². The zero-order valence-electron chi connectivity index (χ0n) is 15.3. The highest BCUT2D eigenvalue weighted by atomic mass is 35.5. The molecule has 0 bridgehead atoms. The van der Waals surface area contributed by atoms with Crippen molar-refractivity contribution in [2.24, 2.45) is 0 Å². The molecule has 1 aliphatic rings. The monoisotopic (exact) mass is 435 g/mol. The number of halogens is 2. The molecule has 1 aliphatic heterocycles. The van der Waals surface area contributed by atoms with Crippen LogP contribution in [0.4, 0.5) is 5.69 Å². The van der Waals surface area contributed by atoms with Crippen molar-refractivity contribution in [3.63, 3.8) is 0 Å². The van der Waals surface area contributed by atoms with Crippen LogP contribution in [0.25, 0.3) is 0 Å². The molecule has 28 heavy (non-hydrogen) atoms. The highest BCUT2D eigenvalue weighted by Crippen LogP contribution is 2.34. The minimum absolute atomic E-state index is 0.289. The number of carbonyl (C=O) groups is 1. The van der Waals surface area contributed by atoms with E-state index in [0.717, 1.165) is 0 Å². The van der Waals surface area contributed by atoms with Crippen LogP contribution in [0.5, 0.6) is 5.75 Å². The summed E-state index contributed by atoms with van der Waals surface area (Å²) in [6, 6.07) is 11.9. The van der Waals surface area contributed by atoms with Gasteiger partial charge in [-0.3, -0.25) is 4.79 Å². The van der Waals surface area contributed by atoms with Gasteiger partial charge in [0.05, 0.1) is 23.9 Å². The summed E-state index contributed by atoms with van der Waals surface area (Å²) in [6.07, 6.45) is 0. The maximum atomic E-state index is 13.2. The van der Waals surface area contributed by atoms with Gasteiger partial charge in [-0.1, -0.05) is 41.4 Å². The van der Waals surface area contributed by atoms with E-state index in [2.05, 4.69) is 16.0 Å². The number of nitrogens with one attached hydrogen (secondary N) is 3. The summed E-state index contributed by atoms with van der Waals surface area (Å²) in [5, 5.41) is 10.4. The van der Waals surface area contributed by atoms with Gasteiger partial charge >= 0.3 is 0 Å². The zero-order valence-corrected chi connectivity index (χ0v) is 17.6. The van der Waals surface area contributed by atoms with Gasteiger partial charge in [0.2, 0.25) is 0 Å². The molecule has 2 aromatic rings. The molecule has 0 unspecified atom stereocenters. The molecule has 146 valence electrons. The van der Waals surface area contributed by atoms with Crippen molar-refractivity contribution in [1.82, 2.24) is 10.6 Å². The van der Waals surface area contributed by atoms with E-state index in [9.17, 15) is 4.79 Å². The number of anilines is 1. The van der Waals surface area contributed by atoms with Crippen molar-refractivity contribution < 1.29 is 9.53 Å². The second-order valence-electron chi connectivity index (χ2n) is 6.12. The number of hydrogen-bond acceptors (Lipinski definition) is 3. The van der Waals surface area contributed by atoms with Crippen LogP contribution in [0.3, 0.4) is 0 Å². The summed E-state index contributed by atoms with van der Waals surface area (Å²) in [6.45, 7) is 4.18. The molecule has 5 nitrogen and oxygen atoms in total. The SMILES string of the molecule is CCOc1ccccc1NC(=O)C1=C(C)NC(=S)N[C@@H]1c1ccc(Cl)cc1Cl. The quantitative estimate of drug-likeness (QED) is 0.587. The van der Waals surface area contributed by atoms with Crippen LogP contribution < -0.4 is 20.7 Å². The summed E-state index contributed by atoms with van der Waals surface area (Å²) in [5.74, 6) is 0.313. The van der Waals surface area contributed by atoms with Crippen molar-refractivity contribution in [3.05, 3.63) is 69.3 Å². The molecule has 0 aromatic heterocycles. The Morgan fingerprint density at radius 1 is 1.25 bits per heavy atom. The van der Waals surface area contributed by atoms with Crippen molar-refractivity contribution >= 4 is 52.1 Å². The third-order valence-corrected chi connectivity index (χ3v) is 5.00. The van der Waals surface area contributed by atoms with Crippen LogP contribution in [0, 0.1) is 0 Å². The average Bonchev–Trinajstić information content (AvgIpc) is 2.62. The smallest absolute Gasteiger partial charge is 0.255 e. The van der Waals surface area contributed by atoms with Gasteiger partial charge in [-0.25, -0.2) is 0 Å². The van der Waals surface area contributed by atoms with Gasteiger partial charge in [-0.05, 0) is 55.9 Å². The van der Waals surface area contributed by atoms with E-state index in [1.807, 2.05) is 19.1 Å². The summed E-state index contributed by atoms with van der Waals surface area (Å²) in [7, 11) is 0. The fourth-order valence-electron chi connectivity index (χ4n) is 3.00. The lowest BCUT2D eigenvalue weighted by Crippen LogP contribution is -2.45. The first-order chi connectivity index (χ1) is 13.4. The van der Waals surface area contributed by atoms with Gasteiger partial charge in [-0.2, -0.15) is 0 Å². The van der Waals surface area contributed by atoms with Gasteiger partial charge < -0.3 is 20.7 Å². The average molecular weight is 436 g/mol. The molecule has 0 fully saturated rings. The summed E-state index contributed by atoms with van der Waals surface area (Å²) < 4.78 is 5.59. The van der Waals surface area contributed by atoms with Gasteiger partial charge in [-0.15, -0.1) is 0 Å². The minimum Gasteiger partial charge on any atom is -0.492 e. The summed E-state index contributed by atoms with van der Waals surface area (Å²) in [5.41, 5.74) is 2.41. The van der Waals surface area contributed by atoms with E-state index in [4.69, 9.17) is 40.2 Å². The third kappa shape index (κ3) is 4.41. The fourth-order valence-corrected chi connectivity index (χ4v) is 3.79. The number of hydrogen-bond donors (Lipinski definition) is 3. The Morgan fingerprint density at radius 3 is 2.71 bits per heavy atom. The number of allylic oxidation sites excluding steroid dienone is 1. The molecule has 1 amide bonds. The zero-order chi connectivity index (χ0) is 20.3. The van der Waals surface area contributed by atoms with Crippen molar-refractivity contribution in [2.75, 3.05) is 11.9 Å². The Balaban J connectivity index is 1.98. The van der Waals surface area contributed by atoms with Crippen LogP contribution >= 0.6 is 35.4 Å². The van der Waals surface area contributed by atoms with E-state index >= 15 is 0 Å². The van der Waals surface area contributed by atoms with Crippen LogP contribution in [-0.2, 0) is 4.79 Å². The Kier molecular flexibility index (Phi) is 6.44. The summed E-state index contributed by atoms with van der Waals surface area (Å²) in [4.78, 5) is 13.2. The van der Waals surface area contributed by atoms with E-state index in [1.54, 1.807) is 37.3 Å². The number of para-hydroxylation sites is 2. The molecule has 2 aromatic carbocycles. The van der Waals surface area contributed by atoms with Crippen molar-refractivity contribution in [2.45, 2.75) is 19.9 Å². The second kappa shape index (κ2) is 8.82. The Hall–Kier alpha value is -2.28. The van der Waals surface area contributed by atoms with Crippen molar-refractivity contribution in [3.8, 4) is 5.75 Å². The number of benzene rings is 2. The van der Waals surface area contributed by atoms with Gasteiger partial charge in [0.1, 0.15) is 5.75 Å². The predicted molar refractivity (Wildman–Crippen MR) is 117 cm³/mol. The van der Waals surface area contributed by atoms with E-state index in [-0.39, 0.29) is 5.91 Å². The number of ether oxygens (including phenoxy) is 1. The minimum atomic E-state index is -0.516. The van der Waals surface area contributed by atoms with E-state index in [1.165, 1.54) is 0 Å². The van der Waals surface area contributed by atoms with Crippen LogP contribution in [0.2, 0.25) is 10.0 Å². The molecule has 0 saturated heterocycles. The standard InChI is InChI=1S/C20H19Cl2N3O2S/c1-3-27-16-7-5-4-6-15(16)24-19(26)17-11(2)23-20(28)25-18(17)13-9-8-12(21)10-14(13)22/h4-10,18H,3H2,1-2H3,(H,24,26)(H2,23,25,28)/t18-/m1/s1. The first kappa shape index (κ1) is 20.5. The van der Waals surface area contributed by atoms with Crippen LogP contribution in [0.15, 0.2) is 53.7 Å². The maximum Gasteiger partial charge on any atom is 0.255 e. The first-order valence-corrected chi connectivity index (χ1v) is 9.83. The molecule has 0 saturated carbocycles. The molecule has 1 heterocycles. The lowest BCUT2D eigenvalue weighted by molar-refractivity contribution is -0.113. The van der Waals surface area contributed by atoms with Crippen LogP contribution in [0.1, 0.15) is 25.5 Å². The molecule has 3 N–H and O–H groups in total. The number of carbonyl (C=O) groups excluding carboxylic acids is 1. The summed E-state index contributed by atoms with van der Waals surface area (Å²) >= 11 is 17.7. The molecule has 0 radical (unpaired) electrons. The first-order valence-electron chi connectivity index (χ1n) is 8.67. The van der Waals surface area contributed by atoms with Crippen LogP contribution in [-0.4, -0.2) is 17.6 Å². The van der Waals surface area contributed by atoms with E-state index in [0.29, 0.717) is 50.0 Å². The molecule has 0 aliphatic carbocycles. The topological polar surface area (TPSA) is 62.4 Å². The number of amides is 1. The van der Waals surface area contributed by atoms with Gasteiger partial charge in [0, 0.05) is 15.7 Å². The van der Waals surface area contributed by atoms with Gasteiger partial charge in [0.25, 0.3) is 5.91 Å². The predicted octanol–water partition coefficient (Wildman–Crippen LogP) is 4.82. The highest BCUT2D eigenvalue weighted by molar-refractivity contribution is 7.80. The van der Waals surface area contributed by atoms with E-state index < -0.39 is 6.04 Å². The molecule has 0 spiro atoms. The Bertz CT molecular complexity index is 962. The number of thiocarbonyl (C=S) groups is 1. The lowest BCUT2D eigenvalue weighted by atomic mass is 9.95. The highest BCUT2D eigenvalue weighted by Gasteiger charge is 2.31. The largest absolute Gasteiger partial charge is 0.492 e. The number of rotatable bonds is 5. The maximum absolute atomic E-state index is 13.2. The molecular formula is C20H19Cl2N3O2S. The lowest BCUT2D eigenvalue weighted by Gasteiger charge is -2.31. The third-order valence-electron chi connectivity index (χ3n) is 4.22. The molecular weight excluding hydrogens is 417 g/mol. The molecule has 1 atom stereocenters. The normalized spacial score (nSPS) is 16.3. The molecule has 3 rings (SSSR count).